The Morgan fingerprint density at radius 2 is 2.33 bits per heavy atom. The molecular weight excluding hydrogens is 316 g/mol. The van der Waals surface area contributed by atoms with E-state index in [1.807, 2.05) is 25.1 Å². The standard InChI is InChI=1S/C13H17BrN2O.ClH/c1-9-11(14)3-2-4-12(9)16-13(17)7-10-5-6-15-8-10;/h2-4,10,15H,5-8H2,1H3,(H,16,17);1H. The maximum absolute atomic E-state index is 11.9. The smallest absolute Gasteiger partial charge is 0.224 e. The topological polar surface area (TPSA) is 41.1 Å². The predicted molar refractivity (Wildman–Crippen MR) is 80.4 cm³/mol. The number of benzene rings is 1. The molecule has 5 heteroatoms. The van der Waals surface area contributed by atoms with Crippen LogP contribution in [0.25, 0.3) is 0 Å². The second-order valence-electron chi connectivity index (χ2n) is 4.52. The number of nitrogens with one attached hydrogen (secondary N) is 2. The number of rotatable bonds is 3. The SMILES string of the molecule is Cc1c(Br)cccc1NC(=O)CC1CCNC1.Cl. The fraction of sp³-hybridized carbons (Fsp3) is 0.462. The molecule has 1 amide bonds. The minimum absolute atomic E-state index is 0. The number of hydrogen-bond donors (Lipinski definition) is 2. The average Bonchev–Trinajstić information content (AvgIpc) is 2.77. The molecule has 1 unspecified atom stereocenters. The normalized spacial score (nSPS) is 18.2. The first-order valence-electron chi connectivity index (χ1n) is 5.92. The highest BCUT2D eigenvalue weighted by atomic mass is 79.9. The third-order valence-corrected chi connectivity index (χ3v) is 4.04. The van der Waals surface area contributed by atoms with Gasteiger partial charge in [0.25, 0.3) is 0 Å². The van der Waals surface area contributed by atoms with Gasteiger partial charge < -0.3 is 10.6 Å². The second-order valence-corrected chi connectivity index (χ2v) is 5.38. The predicted octanol–water partition coefficient (Wildman–Crippen LogP) is 3.12. The van der Waals surface area contributed by atoms with Gasteiger partial charge in [-0.1, -0.05) is 22.0 Å². The van der Waals surface area contributed by atoms with Crippen LogP contribution in [-0.4, -0.2) is 19.0 Å². The van der Waals surface area contributed by atoms with Gasteiger partial charge in [-0.2, -0.15) is 0 Å². The van der Waals surface area contributed by atoms with Crippen LogP contribution in [0.15, 0.2) is 22.7 Å². The highest BCUT2D eigenvalue weighted by Crippen LogP contribution is 2.24. The number of amides is 1. The van der Waals surface area contributed by atoms with E-state index in [4.69, 9.17) is 0 Å². The zero-order chi connectivity index (χ0) is 12.3. The van der Waals surface area contributed by atoms with Crippen LogP contribution < -0.4 is 10.6 Å². The Morgan fingerprint density at radius 1 is 1.56 bits per heavy atom. The minimum Gasteiger partial charge on any atom is -0.326 e. The molecule has 1 atom stereocenters. The largest absolute Gasteiger partial charge is 0.326 e. The Labute approximate surface area is 122 Å². The third-order valence-electron chi connectivity index (χ3n) is 3.18. The van der Waals surface area contributed by atoms with Crippen LogP contribution in [0.4, 0.5) is 5.69 Å². The molecule has 1 aromatic rings. The van der Waals surface area contributed by atoms with Crippen LogP contribution in [-0.2, 0) is 4.79 Å². The van der Waals surface area contributed by atoms with E-state index in [2.05, 4.69) is 26.6 Å². The minimum atomic E-state index is 0. The number of carbonyl (C=O) groups excluding carboxylic acids is 1. The van der Waals surface area contributed by atoms with Gasteiger partial charge in [0.2, 0.25) is 5.91 Å². The van der Waals surface area contributed by atoms with Gasteiger partial charge in [0.1, 0.15) is 0 Å². The third kappa shape index (κ3) is 3.97. The molecule has 1 aliphatic rings. The molecule has 0 aromatic heterocycles. The van der Waals surface area contributed by atoms with Crippen LogP contribution in [0.3, 0.4) is 0 Å². The fourth-order valence-electron chi connectivity index (χ4n) is 2.09. The molecule has 18 heavy (non-hydrogen) atoms. The summed E-state index contributed by atoms with van der Waals surface area (Å²) < 4.78 is 1.03. The van der Waals surface area contributed by atoms with Gasteiger partial charge in [0.15, 0.2) is 0 Å². The summed E-state index contributed by atoms with van der Waals surface area (Å²) in [5.41, 5.74) is 1.97. The molecule has 1 aliphatic heterocycles. The Hall–Kier alpha value is -0.580. The summed E-state index contributed by atoms with van der Waals surface area (Å²) in [6, 6.07) is 5.85. The van der Waals surface area contributed by atoms with Gasteiger partial charge in [0.05, 0.1) is 0 Å². The quantitative estimate of drug-likeness (QED) is 0.892. The van der Waals surface area contributed by atoms with E-state index in [1.165, 1.54) is 0 Å². The Bertz CT molecular complexity index is 419. The van der Waals surface area contributed by atoms with E-state index < -0.39 is 0 Å². The van der Waals surface area contributed by atoms with E-state index in [1.54, 1.807) is 0 Å². The molecule has 1 heterocycles. The Kier molecular flexibility index (Phi) is 6.12. The van der Waals surface area contributed by atoms with E-state index in [0.717, 1.165) is 35.2 Å². The molecule has 2 rings (SSSR count). The van der Waals surface area contributed by atoms with Crippen molar-refractivity contribution in [3.05, 3.63) is 28.2 Å². The molecule has 0 radical (unpaired) electrons. The molecule has 0 aliphatic carbocycles. The van der Waals surface area contributed by atoms with Crippen molar-refractivity contribution in [2.75, 3.05) is 18.4 Å². The van der Waals surface area contributed by atoms with Crippen LogP contribution >= 0.6 is 28.3 Å². The number of carbonyl (C=O) groups is 1. The summed E-state index contributed by atoms with van der Waals surface area (Å²) in [5, 5.41) is 6.26. The lowest BCUT2D eigenvalue weighted by atomic mass is 10.0. The maximum Gasteiger partial charge on any atom is 0.224 e. The maximum atomic E-state index is 11.9. The molecule has 1 aromatic carbocycles. The van der Waals surface area contributed by atoms with E-state index in [-0.39, 0.29) is 18.3 Å². The molecule has 100 valence electrons. The van der Waals surface area contributed by atoms with Crippen molar-refractivity contribution in [1.29, 1.82) is 0 Å². The molecule has 0 saturated carbocycles. The first-order valence-corrected chi connectivity index (χ1v) is 6.72. The van der Waals surface area contributed by atoms with Crippen LogP contribution in [0.2, 0.25) is 0 Å². The van der Waals surface area contributed by atoms with Gasteiger partial charge in [-0.25, -0.2) is 0 Å². The summed E-state index contributed by atoms with van der Waals surface area (Å²) in [4.78, 5) is 11.9. The molecule has 1 saturated heterocycles. The summed E-state index contributed by atoms with van der Waals surface area (Å²) in [5.74, 6) is 0.599. The lowest BCUT2D eigenvalue weighted by Crippen LogP contribution is -2.18. The van der Waals surface area contributed by atoms with E-state index in [0.29, 0.717) is 12.3 Å². The van der Waals surface area contributed by atoms with Crippen molar-refractivity contribution in [3.63, 3.8) is 0 Å². The molecule has 0 bridgehead atoms. The Morgan fingerprint density at radius 3 is 3.00 bits per heavy atom. The zero-order valence-corrected chi connectivity index (χ0v) is 12.7. The monoisotopic (exact) mass is 332 g/mol. The molecule has 1 fully saturated rings. The van der Waals surface area contributed by atoms with Gasteiger partial charge in [-0.05, 0) is 50.0 Å². The first-order chi connectivity index (χ1) is 8.16. The van der Waals surface area contributed by atoms with E-state index in [9.17, 15) is 4.79 Å². The van der Waals surface area contributed by atoms with Crippen LogP contribution in [0.1, 0.15) is 18.4 Å². The molecular formula is C13H18BrClN2O. The zero-order valence-electron chi connectivity index (χ0n) is 10.3. The summed E-state index contributed by atoms with van der Waals surface area (Å²) in [7, 11) is 0. The number of anilines is 1. The lowest BCUT2D eigenvalue weighted by Gasteiger charge is -2.11. The van der Waals surface area contributed by atoms with E-state index >= 15 is 0 Å². The number of hydrogen-bond acceptors (Lipinski definition) is 2. The highest BCUT2D eigenvalue weighted by molar-refractivity contribution is 9.10. The summed E-state index contributed by atoms with van der Waals surface area (Å²) in [6.07, 6.45) is 1.71. The van der Waals surface area contributed by atoms with Gasteiger partial charge in [0, 0.05) is 16.6 Å². The lowest BCUT2D eigenvalue weighted by molar-refractivity contribution is -0.116. The molecule has 3 nitrogen and oxygen atoms in total. The van der Waals surface area contributed by atoms with Crippen molar-refractivity contribution >= 4 is 39.9 Å². The van der Waals surface area contributed by atoms with Gasteiger partial charge in [-0.3, -0.25) is 4.79 Å². The van der Waals surface area contributed by atoms with Crippen molar-refractivity contribution in [3.8, 4) is 0 Å². The molecule has 2 N–H and O–H groups in total. The van der Waals surface area contributed by atoms with Gasteiger partial charge in [-0.15, -0.1) is 12.4 Å². The highest BCUT2D eigenvalue weighted by Gasteiger charge is 2.18. The van der Waals surface area contributed by atoms with Crippen molar-refractivity contribution in [2.45, 2.75) is 19.8 Å². The van der Waals surface area contributed by atoms with Crippen molar-refractivity contribution < 1.29 is 4.79 Å². The van der Waals surface area contributed by atoms with Crippen LogP contribution in [0, 0.1) is 12.8 Å². The average molecular weight is 334 g/mol. The fourth-order valence-corrected chi connectivity index (χ4v) is 2.46. The first kappa shape index (κ1) is 15.5. The van der Waals surface area contributed by atoms with Crippen molar-refractivity contribution in [2.24, 2.45) is 5.92 Å². The van der Waals surface area contributed by atoms with Crippen LogP contribution in [0.5, 0.6) is 0 Å². The summed E-state index contributed by atoms with van der Waals surface area (Å²) in [6.45, 7) is 4.00. The number of halogens is 2. The molecule has 0 spiro atoms. The second kappa shape index (κ2) is 7.12. The summed E-state index contributed by atoms with van der Waals surface area (Å²) >= 11 is 3.46. The Balaban J connectivity index is 0.00000162. The van der Waals surface area contributed by atoms with Crippen molar-refractivity contribution in [1.82, 2.24) is 5.32 Å². The van der Waals surface area contributed by atoms with Gasteiger partial charge >= 0.3 is 0 Å².